The maximum absolute atomic E-state index is 12.2. The summed E-state index contributed by atoms with van der Waals surface area (Å²) < 4.78 is 0. The van der Waals surface area contributed by atoms with Crippen molar-refractivity contribution in [2.45, 2.75) is 6.92 Å². The molecule has 25 heavy (non-hydrogen) atoms. The topological polar surface area (TPSA) is 71.1 Å². The van der Waals surface area contributed by atoms with Crippen molar-refractivity contribution in [2.75, 3.05) is 10.6 Å². The van der Waals surface area contributed by atoms with E-state index in [1.165, 1.54) is 0 Å². The van der Waals surface area contributed by atoms with Gasteiger partial charge in [-0.2, -0.15) is 0 Å². The van der Waals surface area contributed by atoms with E-state index < -0.39 is 0 Å². The molecule has 0 aliphatic carbocycles. The van der Waals surface area contributed by atoms with E-state index in [1.807, 2.05) is 19.1 Å². The van der Waals surface area contributed by atoms with Crippen LogP contribution in [0.1, 0.15) is 26.3 Å². The van der Waals surface area contributed by atoms with Crippen LogP contribution >= 0.6 is 0 Å². The molecule has 0 saturated carbocycles. The molecule has 0 spiro atoms. The first kappa shape index (κ1) is 16.4. The number of nitrogens with one attached hydrogen (secondary N) is 2. The number of anilines is 2. The number of carbonyl (C=O) groups excluding carboxylic acids is 2. The van der Waals surface area contributed by atoms with Gasteiger partial charge in [-0.05, 0) is 55.5 Å². The average molecular weight is 331 g/mol. The van der Waals surface area contributed by atoms with E-state index >= 15 is 0 Å². The Labute approximate surface area is 145 Å². The number of pyridine rings is 1. The fourth-order valence-corrected chi connectivity index (χ4v) is 2.25. The lowest BCUT2D eigenvalue weighted by molar-refractivity contribution is 0.101. The van der Waals surface area contributed by atoms with Gasteiger partial charge in [0.1, 0.15) is 0 Å². The van der Waals surface area contributed by atoms with Crippen molar-refractivity contribution in [1.29, 1.82) is 0 Å². The Bertz CT molecular complexity index is 873. The first-order chi connectivity index (χ1) is 12.1. The first-order valence-electron chi connectivity index (χ1n) is 7.81. The summed E-state index contributed by atoms with van der Waals surface area (Å²) in [6, 6.07) is 17.6. The van der Waals surface area contributed by atoms with E-state index in [-0.39, 0.29) is 11.8 Å². The quantitative estimate of drug-likeness (QED) is 0.762. The van der Waals surface area contributed by atoms with Crippen molar-refractivity contribution >= 4 is 23.2 Å². The minimum atomic E-state index is -0.209. The monoisotopic (exact) mass is 331 g/mol. The standard InChI is InChI=1S/C20H17N3O2/c1-14-2-4-15(5-3-14)19(24)22-17-6-8-18(9-7-17)23-20(25)16-10-12-21-13-11-16/h2-13H,1H3,(H,22,24)(H,23,25). The Morgan fingerprint density at radius 3 is 1.60 bits per heavy atom. The molecule has 0 aliphatic heterocycles. The van der Waals surface area contributed by atoms with Crippen LogP contribution in [0.2, 0.25) is 0 Å². The lowest BCUT2D eigenvalue weighted by Gasteiger charge is -2.08. The van der Waals surface area contributed by atoms with Crippen LogP contribution in [0, 0.1) is 6.92 Å². The molecule has 1 aromatic heterocycles. The molecule has 1 heterocycles. The molecule has 5 heteroatoms. The Hall–Kier alpha value is -3.47. The fraction of sp³-hybridized carbons (Fsp3) is 0.0500. The van der Waals surface area contributed by atoms with Crippen LogP contribution in [0.25, 0.3) is 0 Å². The van der Waals surface area contributed by atoms with Gasteiger partial charge in [-0.3, -0.25) is 14.6 Å². The molecule has 0 unspecified atom stereocenters. The Balaban J connectivity index is 1.63. The van der Waals surface area contributed by atoms with Crippen molar-refractivity contribution in [3.05, 3.63) is 89.7 Å². The fourth-order valence-electron chi connectivity index (χ4n) is 2.25. The van der Waals surface area contributed by atoms with Gasteiger partial charge in [-0.25, -0.2) is 0 Å². The van der Waals surface area contributed by atoms with E-state index in [2.05, 4.69) is 15.6 Å². The molecule has 124 valence electrons. The van der Waals surface area contributed by atoms with Crippen molar-refractivity contribution in [2.24, 2.45) is 0 Å². The van der Waals surface area contributed by atoms with E-state index in [0.29, 0.717) is 22.5 Å². The van der Waals surface area contributed by atoms with Crippen molar-refractivity contribution in [3.63, 3.8) is 0 Å². The highest BCUT2D eigenvalue weighted by Crippen LogP contribution is 2.16. The second-order valence-corrected chi connectivity index (χ2v) is 5.59. The van der Waals surface area contributed by atoms with Crippen LogP contribution in [-0.2, 0) is 0 Å². The average Bonchev–Trinajstić information content (AvgIpc) is 2.64. The van der Waals surface area contributed by atoms with Gasteiger partial charge in [-0.15, -0.1) is 0 Å². The maximum atomic E-state index is 12.2. The zero-order chi connectivity index (χ0) is 17.6. The Morgan fingerprint density at radius 1 is 0.680 bits per heavy atom. The minimum Gasteiger partial charge on any atom is -0.322 e. The Kier molecular flexibility index (Phi) is 4.85. The van der Waals surface area contributed by atoms with Crippen LogP contribution in [0.5, 0.6) is 0 Å². The number of nitrogens with zero attached hydrogens (tertiary/aromatic N) is 1. The second kappa shape index (κ2) is 7.40. The number of rotatable bonds is 4. The predicted molar refractivity (Wildman–Crippen MR) is 97.8 cm³/mol. The highest BCUT2D eigenvalue weighted by atomic mass is 16.2. The smallest absolute Gasteiger partial charge is 0.255 e. The van der Waals surface area contributed by atoms with E-state index in [9.17, 15) is 9.59 Å². The van der Waals surface area contributed by atoms with Gasteiger partial charge < -0.3 is 10.6 Å². The van der Waals surface area contributed by atoms with Crippen LogP contribution in [0.3, 0.4) is 0 Å². The molecule has 5 nitrogen and oxygen atoms in total. The van der Waals surface area contributed by atoms with E-state index in [1.54, 1.807) is 60.9 Å². The summed E-state index contributed by atoms with van der Waals surface area (Å²) in [5, 5.41) is 5.63. The number of benzene rings is 2. The molecular formula is C20H17N3O2. The number of hydrogen-bond donors (Lipinski definition) is 2. The lowest BCUT2D eigenvalue weighted by Crippen LogP contribution is -2.13. The van der Waals surface area contributed by atoms with Gasteiger partial charge in [-0.1, -0.05) is 17.7 Å². The van der Waals surface area contributed by atoms with Gasteiger partial charge in [0.2, 0.25) is 0 Å². The summed E-state index contributed by atoms with van der Waals surface area (Å²) in [6.07, 6.45) is 3.14. The van der Waals surface area contributed by atoms with E-state index in [4.69, 9.17) is 0 Å². The van der Waals surface area contributed by atoms with Crippen molar-refractivity contribution in [1.82, 2.24) is 4.98 Å². The van der Waals surface area contributed by atoms with Gasteiger partial charge in [0.15, 0.2) is 0 Å². The number of hydrogen-bond acceptors (Lipinski definition) is 3. The summed E-state index contributed by atoms with van der Waals surface area (Å²) in [4.78, 5) is 28.2. The molecule has 0 fully saturated rings. The summed E-state index contributed by atoms with van der Waals surface area (Å²) in [5.74, 6) is -0.382. The lowest BCUT2D eigenvalue weighted by atomic mass is 10.1. The second-order valence-electron chi connectivity index (χ2n) is 5.59. The molecule has 2 aromatic carbocycles. The molecule has 2 N–H and O–H groups in total. The maximum Gasteiger partial charge on any atom is 0.255 e. The third kappa shape index (κ3) is 4.29. The number of amides is 2. The normalized spacial score (nSPS) is 10.1. The third-order valence-corrected chi connectivity index (χ3v) is 3.66. The van der Waals surface area contributed by atoms with Crippen LogP contribution in [0.15, 0.2) is 73.1 Å². The largest absolute Gasteiger partial charge is 0.322 e. The van der Waals surface area contributed by atoms with Crippen LogP contribution < -0.4 is 10.6 Å². The molecule has 0 bridgehead atoms. The van der Waals surface area contributed by atoms with Crippen LogP contribution in [0.4, 0.5) is 11.4 Å². The molecule has 0 atom stereocenters. The van der Waals surface area contributed by atoms with Crippen LogP contribution in [-0.4, -0.2) is 16.8 Å². The highest BCUT2D eigenvalue weighted by Gasteiger charge is 2.07. The number of aryl methyl sites for hydroxylation is 1. The molecular weight excluding hydrogens is 314 g/mol. The highest BCUT2D eigenvalue weighted by molar-refractivity contribution is 6.05. The molecule has 0 aliphatic rings. The number of aromatic nitrogens is 1. The SMILES string of the molecule is Cc1ccc(C(=O)Nc2ccc(NC(=O)c3ccncc3)cc2)cc1. The summed E-state index contributed by atoms with van der Waals surface area (Å²) in [6.45, 7) is 1.97. The van der Waals surface area contributed by atoms with Gasteiger partial charge in [0.05, 0.1) is 0 Å². The van der Waals surface area contributed by atoms with Gasteiger partial charge in [0, 0.05) is 34.9 Å². The predicted octanol–water partition coefficient (Wildman–Crippen LogP) is 3.89. The molecule has 0 saturated heterocycles. The summed E-state index contributed by atoms with van der Waals surface area (Å²) >= 11 is 0. The third-order valence-electron chi connectivity index (χ3n) is 3.66. The summed E-state index contributed by atoms with van der Waals surface area (Å²) in [5.41, 5.74) is 3.54. The molecule has 3 aromatic rings. The molecule has 3 rings (SSSR count). The van der Waals surface area contributed by atoms with Crippen molar-refractivity contribution < 1.29 is 9.59 Å². The first-order valence-corrected chi connectivity index (χ1v) is 7.81. The zero-order valence-electron chi connectivity index (χ0n) is 13.7. The zero-order valence-corrected chi connectivity index (χ0v) is 13.7. The molecule has 2 amide bonds. The summed E-state index contributed by atoms with van der Waals surface area (Å²) in [7, 11) is 0. The minimum absolute atomic E-state index is 0.173. The van der Waals surface area contributed by atoms with Gasteiger partial charge >= 0.3 is 0 Å². The number of carbonyl (C=O) groups is 2. The van der Waals surface area contributed by atoms with Crippen molar-refractivity contribution in [3.8, 4) is 0 Å². The van der Waals surface area contributed by atoms with Gasteiger partial charge in [0.25, 0.3) is 11.8 Å². The molecule has 0 radical (unpaired) electrons. The van der Waals surface area contributed by atoms with E-state index in [0.717, 1.165) is 5.56 Å². The Morgan fingerprint density at radius 2 is 1.12 bits per heavy atom.